The predicted molar refractivity (Wildman–Crippen MR) is 81.3 cm³/mol. The standard InChI is InChI=1S/C16H26ClN/c1-3-5-15(10-11-17)12-18-13-16-8-6-14(4-2)7-9-16/h6-9,15,18H,3-5,10-13H2,1-2H3. The highest BCUT2D eigenvalue weighted by Gasteiger charge is 2.06. The summed E-state index contributed by atoms with van der Waals surface area (Å²) >= 11 is 5.83. The van der Waals surface area contributed by atoms with E-state index < -0.39 is 0 Å². The maximum Gasteiger partial charge on any atom is 0.0226 e. The van der Waals surface area contributed by atoms with Crippen LogP contribution in [0.3, 0.4) is 0 Å². The zero-order valence-electron chi connectivity index (χ0n) is 11.7. The molecule has 0 aromatic heterocycles. The Labute approximate surface area is 117 Å². The molecule has 0 bridgehead atoms. The lowest BCUT2D eigenvalue weighted by atomic mass is 10.0. The lowest BCUT2D eigenvalue weighted by Gasteiger charge is -2.15. The third-order valence-electron chi connectivity index (χ3n) is 3.41. The van der Waals surface area contributed by atoms with Crippen molar-refractivity contribution in [1.29, 1.82) is 0 Å². The van der Waals surface area contributed by atoms with Crippen molar-refractivity contribution < 1.29 is 0 Å². The number of hydrogen-bond donors (Lipinski definition) is 1. The molecule has 0 saturated carbocycles. The first kappa shape index (κ1) is 15.5. The Kier molecular flexibility index (Phi) is 8.11. The quantitative estimate of drug-likeness (QED) is 0.655. The van der Waals surface area contributed by atoms with E-state index in [4.69, 9.17) is 11.6 Å². The first-order valence-electron chi connectivity index (χ1n) is 7.14. The SMILES string of the molecule is CCCC(CCCl)CNCc1ccc(CC)cc1. The average Bonchev–Trinajstić information content (AvgIpc) is 2.40. The first-order valence-corrected chi connectivity index (χ1v) is 7.68. The monoisotopic (exact) mass is 267 g/mol. The summed E-state index contributed by atoms with van der Waals surface area (Å²) in [7, 11) is 0. The highest BCUT2D eigenvalue weighted by molar-refractivity contribution is 6.17. The van der Waals surface area contributed by atoms with Crippen molar-refractivity contribution >= 4 is 11.6 Å². The zero-order valence-corrected chi connectivity index (χ0v) is 12.5. The molecular formula is C16H26ClN. The Hall–Kier alpha value is -0.530. The van der Waals surface area contributed by atoms with E-state index in [0.717, 1.165) is 37.7 Å². The maximum atomic E-state index is 5.83. The fraction of sp³-hybridized carbons (Fsp3) is 0.625. The van der Waals surface area contributed by atoms with Crippen LogP contribution >= 0.6 is 11.6 Å². The van der Waals surface area contributed by atoms with Gasteiger partial charge in [0.05, 0.1) is 0 Å². The Morgan fingerprint density at radius 1 is 1.06 bits per heavy atom. The van der Waals surface area contributed by atoms with E-state index in [-0.39, 0.29) is 0 Å². The normalized spacial score (nSPS) is 12.6. The molecule has 0 radical (unpaired) electrons. The van der Waals surface area contributed by atoms with E-state index >= 15 is 0 Å². The summed E-state index contributed by atoms with van der Waals surface area (Å²) in [5.74, 6) is 1.50. The molecule has 1 N–H and O–H groups in total. The average molecular weight is 268 g/mol. The van der Waals surface area contributed by atoms with Crippen LogP contribution in [0.2, 0.25) is 0 Å². The number of rotatable bonds is 9. The van der Waals surface area contributed by atoms with E-state index in [9.17, 15) is 0 Å². The molecule has 0 spiro atoms. The topological polar surface area (TPSA) is 12.0 Å². The van der Waals surface area contributed by atoms with Gasteiger partial charge >= 0.3 is 0 Å². The van der Waals surface area contributed by atoms with Crippen LogP contribution in [0.1, 0.15) is 44.2 Å². The van der Waals surface area contributed by atoms with Crippen molar-refractivity contribution in [1.82, 2.24) is 5.32 Å². The van der Waals surface area contributed by atoms with Gasteiger partial charge in [-0.15, -0.1) is 11.6 Å². The Morgan fingerprint density at radius 2 is 1.72 bits per heavy atom. The summed E-state index contributed by atoms with van der Waals surface area (Å²) in [6, 6.07) is 8.89. The Balaban J connectivity index is 2.30. The van der Waals surface area contributed by atoms with Gasteiger partial charge < -0.3 is 5.32 Å². The lowest BCUT2D eigenvalue weighted by Crippen LogP contribution is -2.22. The predicted octanol–water partition coefficient (Wildman–Crippen LogP) is 4.38. The molecule has 1 unspecified atom stereocenters. The second-order valence-corrected chi connectivity index (χ2v) is 5.31. The van der Waals surface area contributed by atoms with E-state index in [0.29, 0.717) is 0 Å². The molecule has 102 valence electrons. The van der Waals surface area contributed by atoms with Crippen molar-refractivity contribution in [2.75, 3.05) is 12.4 Å². The summed E-state index contributed by atoms with van der Waals surface area (Å²) < 4.78 is 0. The highest BCUT2D eigenvalue weighted by atomic mass is 35.5. The fourth-order valence-corrected chi connectivity index (χ4v) is 2.53. The van der Waals surface area contributed by atoms with E-state index in [1.807, 2.05) is 0 Å². The molecule has 0 aliphatic rings. The molecule has 0 saturated heterocycles. The molecule has 2 heteroatoms. The van der Waals surface area contributed by atoms with E-state index in [2.05, 4.69) is 43.4 Å². The van der Waals surface area contributed by atoms with Crippen molar-refractivity contribution in [3.63, 3.8) is 0 Å². The highest BCUT2D eigenvalue weighted by Crippen LogP contribution is 2.11. The molecular weight excluding hydrogens is 242 g/mol. The van der Waals surface area contributed by atoms with Crippen molar-refractivity contribution in [2.45, 2.75) is 46.1 Å². The van der Waals surface area contributed by atoms with Gasteiger partial charge in [-0.1, -0.05) is 44.5 Å². The summed E-state index contributed by atoms with van der Waals surface area (Å²) in [5.41, 5.74) is 2.78. The van der Waals surface area contributed by atoms with Gasteiger partial charge in [-0.3, -0.25) is 0 Å². The minimum absolute atomic E-state index is 0.724. The van der Waals surface area contributed by atoms with Gasteiger partial charge in [0, 0.05) is 12.4 Å². The number of benzene rings is 1. The smallest absolute Gasteiger partial charge is 0.0226 e. The summed E-state index contributed by atoms with van der Waals surface area (Å²) in [4.78, 5) is 0. The fourth-order valence-electron chi connectivity index (χ4n) is 2.22. The second kappa shape index (κ2) is 9.41. The van der Waals surface area contributed by atoms with Crippen LogP contribution in [0.5, 0.6) is 0 Å². The van der Waals surface area contributed by atoms with Gasteiger partial charge in [-0.25, -0.2) is 0 Å². The second-order valence-electron chi connectivity index (χ2n) is 4.93. The van der Waals surface area contributed by atoms with Crippen molar-refractivity contribution in [3.05, 3.63) is 35.4 Å². The van der Waals surface area contributed by atoms with Crippen molar-refractivity contribution in [2.24, 2.45) is 5.92 Å². The largest absolute Gasteiger partial charge is 0.312 e. The third-order valence-corrected chi connectivity index (χ3v) is 3.63. The number of aryl methyl sites for hydroxylation is 1. The van der Waals surface area contributed by atoms with Crippen LogP contribution in [-0.4, -0.2) is 12.4 Å². The van der Waals surface area contributed by atoms with Crippen LogP contribution in [0, 0.1) is 5.92 Å². The molecule has 0 heterocycles. The minimum atomic E-state index is 0.724. The van der Waals surface area contributed by atoms with Crippen LogP contribution < -0.4 is 5.32 Å². The van der Waals surface area contributed by atoms with Crippen LogP contribution in [-0.2, 0) is 13.0 Å². The molecule has 1 aromatic rings. The summed E-state index contributed by atoms with van der Waals surface area (Å²) in [5, 5.41) is 3.55. The number of halogens is 1. The first-order chi connectivity index (χ1) is 8.80. The van der Waals surface area contributed by atoms with E-state index in [1.165, 1.54) is 24.0 Å². The molecule has 1 aromatic carbocycles. The lowest BCUT2D eigenvalue weighted by molar-refractivity contribution is 0.430. The number of nitrogens with one attached hydrogen (secondary N) is 1. The molecule has 1 rings (SSSR count). The molecule has 0 aliphatic carbocycles. The molecule has 0 aliphatic heterocycles. The number of alkyl halides is 1. The van der Waals surface area contributed by atoms with Gasteiger partial charge in [0.2, 0.25) is 0 Å². The van der Waals surface area contributed by atoms with Gasteiger partial charge in [0.15, 0.2) is 0 Å². The molecule has 18 heavy (non-hydrogen) atoms. The minimum Gasteiger partial charge on any atom is -0.312 e. The van der Waals surface area contributed by atoms with Crippen LogP contribution in [0.4, 0.5) is 0 Å². The Morgan fingerprint density at radius 3 is 2.28 bits per heavy atom. The summed E-state index contributed by atoms with van der Waals surface area (Å²) in [6.07, 6.45) is 4.75. The maximum absolute atomic E-state index is 5.83. The van der Waals surface area contributed by atoms with E-state index in [1.54, 1.807) is 0 Å². The molecule has 1 atom stereocenters. The zero-order chi connectivity index (χ0) is 13.2. The van der Waals surface area contributed by atoms with Gasteiger partial charge in [-0.2, -0.15) is 0 Å². The summed E-state index contributed by atoms with van der Waals surface area (Å²) in [6.45, 7) is 6.47. The molecule has 1 nitrogen and oxygen atoms in total. The molecule has 0 amide bonds. The molecule has 0 fully saturated rings. The third kappa shape index (κ3) is 5.88. The Bertz CT molecular complexity index is 301. The van der Waals surface area contributed by atoms with Gasteiger partial charge in [0.25, 0.3) is 0 Å². The van der Waals surface area contributed by atoms with Gasteiger partial charge in [0.1, 0.15) is 0 Å². The van der Waals surface area contributed by atoms with Crippen molar-refractivity contribution in [3.8, 4) is 0 Å². The van der Waals surface area contributed by atoms with Crippen LogP contribution in [0.25, 0.3) is 0 Å². The van der Waals surface area contributed by atoms with Crippen LogP contribution in [0.15, 0.2) is 24.3 Å². The number of hydrogen-bond acceptors (Lipinski definition) is 1. The van der Waals surface area contributed by atoms with Gasteiger partial charge in [-0.05, 0) is 42.9 Å².